The highest BCUT2D eigenvalue weighted by atomic mass is 127. The molecule has 2 fully saturated rings. The van der Waals surface area contributed by atoms with Gasteiger partial charge < -0.3 is 15.5 Å². The molecule has 0 radical (unpaired) electrons. The Morgan fingerprint density at radius 2 is 1.89 bits per heavy atom. The Kier molecular flexibility index (Phi) is 6.70. The van der Waals surface area contributed by atoms with E-state index in [0.29, 0.717) is 6.04 Å². The van der Waals surface area contributed by atoms with E-state index in [1.54, 1.807) is 0 Å². The van der Waals surface area contributed by atoms with Gasteiger partial charge in [-0.15, -0.1) is 24.0 Å². The predicted molar refractivity (Wildman–Crippen MR) is 87.5 cm³/mol. The van der Waals surface area contributed by atoms with Crippen molar-refractivity contribution in [3.63, 3.8) is 0 Å². The van der Waals surface area contributed by atoms with Gasteiger partial charge in [-0.3, -0.25) is 4.99 Å². The molecule has 5 heteroatoms. The summed E-state index contributed by atoms with van der Waals surface area (Å²) in [7, 11) is 2.19. The van der Waals surface area contributed by atoms with E-state index >= 15 is 0 Å². The molecule has 0 bridgehead atoms. The van der Waals surface area contributed by atoms with Gasteiger partial charge in [0, 0.05) is 19.1 Å². The molecule has 4 nitrogen and oxygen atoms in total. The van der Waals surface area contributed by atoms with Crippen molar-refractivity contribution in [2.24, 2.45) is 16.6 Å². The summed E-state index contributed by atoms with van der Waals surface area (Å²) >= 11 is 0. The molecule has 2 aliphatic rings. The SMILES string of the molecule is CC1CCN(C(N)=NCC2CCCN2C)CC1.I. The summed E-state index contributed by atoms with van der Waals surface area (Å²) in [4.78, 5) is 9.23. The Bertz CT molecular complexity index is 274. The van der Waals surface area contributed by atoms with Gasteiger partial charge in [-0.25, -0.2) is 0 Å². The molecule has 2 saturated heterocycles. The molecule has 0 amide bonds. The topological polar surface area (TPSA) is 44.9 Å². The maximum absolute atomic E-state index is 6.07. The Labute approximate surface area is 128 Å². The van der Waals surface area contributed by atoms with E-state index in [4.69, 9.17) is 5.73 Å². The summed E-state index contributed by atoms with van der Waals surface area (Å²) in [5.74, 6) is 1.61. The lowest BCUT2D eigenvalue weighted by Crippen LogP contribution is -2.43. The molecule has 0 saturated carbocycles. The van der Waals surface area contributed by atoms with E-state index in [1.165, 1.54) is 32.2 Å². The van der Waals surface area contributed by atoms with Crippen LogP contribution in [0, 0.1) is 5.92 Å². The number of rotatable bonds is 2. The normalized spacial score (nSPS) is 27.3. The van der Waals surface area contributed by atoms with Crippen molar-refractivity contribution in [3.05, 3.63) is 0 Å². The summed E-state index contributed by atoms with van der Waals surface area (Å²) in [6.07, 6.45) is 5.07. The van der Waals surface area contributed by atoms with Gasteiger partial charge in [0.1, 0.15) is 0 Å². The van der Waals surface area contributed by atoms with Crippen molar-refractivity contribution < 1.29 is 0 Å². The first-order chi connectivity index (χ1) is 8.16. The molecule has 0 aromatic rings. The maximum atomic E-state index is 6.07. The molecule has 106 valence electrons. The highest BCUT2D eigenvalue weighted by Gasteiger charge is 2.21. The zero-order valence-corrected chi connectivity index (χ0v) is 14.0. The van der Waals surface area contributed by atoms with Gasteiger partial charge in [0.15, 0.2) is 5.96 Å². The number of likely N-dealkylation sites (N-methyl/N-ethyl adjacent to an activating group) is 1. The fourth-order valence-corrected chi connectivity index (χ4v) is 2.75. The number of hydrogen-bond donors (Lipinski definition) is 1. The number of piperidine rings is 1. The summed E-state index contributed by atoms with van der Waals surface area (Å²) < 4.78 is 0. The van der Waals surface area contributed by atoms with Crippen LogP contribution in [-0.2, 0) is 0 Å². The molecule has 2 rings (SSSR count). The molecule has 0 aliphatic carbocycles. The van der Waals surface area contributed by atoms with E-state index in [9.17, 15) is 0 Å². The molecule has 0 aromatic heterocycles. The first kappa shape index (κ1) is 16.0. The molecule has 2 aliphatic heterocycles. The second kappa shape index (κ2) is 7.53. The van der Waals surface area contributed by atoms with Crippen LogP contribution < -0.4 is 5.73 Å². The predicted octanol–water partition coefficient (Wildman–Crippen LogP) is 1.75. The molecule has 0 spiro atoms. The van der Waals surface area contributed by atoms with Gasteiger partial charge in [-0.2, -0.15) is 0 Å². The Morgan fingerprint density at radius 1 is 1.22 bits per heavy atom. The average Bonchev–Trinajstić information content (AvgIpc) is 2.73. The highest BCUT2D eigenvalue weighted by molar-refractivity contribution is 14.0. The summed E-state index contributed by atoms with van der Waals surface area (Å²) in [5, 5.41) is 0. The third kappa shape index (κ3) is 4.26. The van der Waals surface area contributed by atoms with Crippen molar-refractivity contribution in [2.75, 3.05) is 33.2 Å². The Balaban J connectivity index is 0.00000162. The third-order valence-corrected chi connectivity index (χ3v) is 4.24. The first-order valence-corrected chi connectivity index (χ1v) is 6.92. The largest absolute Gasteiger partial charge is 0.370 e. The minimum Gasteiger partial charge on any atom is -0.370 e. The number of likely N-dealkylation sites (tertiary alicyclic amines) is 2. The highest BCUT2D eigenvalue weighted by Crippen LogP contribution is 2.17. The van der Waals surface area contributed by atoms with E-state index < -0.39 is 0 Å². The van der Waals surface area contributed by atoms with Gasteiger partial charge in [-0.05, 0) is 45.2 Å². The standard InChI is InChI=1S/C13H26N4.HI/c1-11-5-8-17(9-6-11)13(14)15-10-12-4-3-7-16(12)2;/h11-12H,3-10H2,1-2H3,(H2,14,15);1H. The van der Waals surface area contributed by atoms with Crippen LogP contribution >= 0.6 is 24.0 Å². The van der Waals surface area contributed by atoms with Crippen LogP contribution in [0.4, 0.5) is 0 Å². The molecular formula is C13H27IN4. The van der Waals surface area contributed by atoms with Crippen LogP contribution in [0.1, 0.15) is 32.6 Å². The molecule has 1 unspecified atom stereocenters. The molecule has 18 heavy (non-hydrogen) atoms. The summed E-state index contributed by atoms with van der Waals surface area (Å²) in [6, 6.07) is 0.609. The molecule has 2 N–H and O–H groups in total. The number of nitrogens with zero attached hydrogens (tertiary/aromatic N) is 3. The molecular weight excluding hydrogens is 339 g/mol. The lowest BCUT2D eigenvalue weighted by Gasteiger charge is -2.31. The number of aliphatic imine (C=N–C) groups is 1. The quantitative estimate of drug-likeness (QED) is 0.460. The lowest BCUT2D eigenvalue weighted by molar-refractivity contribution is 0.275. The maximum Gasteiger partial charge on any atom is 0.191 e. The van der Waals surface area contributed by atoms with Gasteiger partial charge >= 0.3 is 0 Å². The smallest absolute Gasteiger partial charge is 0.191 e. The van der Waals surface area contributed by atoms with Gasteiger partial charge in [0.25, 0.3) is 0 Å². The number of guanidine groups is 1. The Morgan fingerprint density at radius 3 is 2.44 bits per heavy atom. The van der Waals surface area contributed by atoms with Gasteiger partial charge in [0.2, 0.25) is 0 Å². The van der Waals surface area contributed by atoms with Crippen LogP contribution in [0.25, 0.3) is 0 Å². The van der Waals surface area contributed by atoms with Gasteiger partial charge in [-0.1, -0.05) is 6.92 Å². The van der Waals surface area contributed by atoms with Crippen LogP contribution in [0.5, 0.6) is 0 Å². The Hall–Kier alpha value is -0.0400. The number of hydrogen-bond acceptors (Lipinski definition) is 2. The molecule has 1 atom stereocenters. The monoisotopic (exact) mass is 366 g/mol. The second-order valence-electron chi connectivity index (χ2n) is 5.65. The van der Waals surface area contributed by atoms with Gasteiger partial charge in [0.05, 0.1) is 6.54 Å². The van der Waals surface area contributed by atoms with E-state index in [1.807, 2.05) is 0 Å². The van der Waals surface area contributed by atoms with Crippen molar-refractivity contribution in [2.45, 2.75) is 38.6 Å². The zero-order chi connectivity index (χ0) is 12.3. The van der Waals surface area contributed by atoms with Crippen molar-refractivity contribution >= 4 is 29.9 Å². The fraction of sp³-hybridized carbons (Fsp3) is 0.923. The minimum atomic E-state index is 0. The summed E-state index contributed by atoms with van der Waals surface area (Å²) in [5.41, 5.74) is 6.07. The van der Waals surface area contributed by atoms with E-state index in [2.05, 4.69) is 28.8 Å². The van der Waals surface area contributed by atoms with Crippen LogP contribution in [-0.4, -0.2) is 55.0 Å². The second-order valence-corrected chi connectivity index (χ2v) is 5.65. The van der Waals surface area contributed by atoms with E-state index in [0.717, 1.165) is 31.5 Å². The van der Waals surface area contributed by atoms with Crippen LogP contribution in [0.3, 0.4) is 0 Å². The summed E-state index contributed by atoms with van der Waals surface area (Å²) in [6.45, 7) is 6.56. The molecule has 2 heterocycles. The average molecular weight is 366 g/mol. The van der Waals surface area contributed by atoms with E-state index in [-0.39, 0.29) is 24.0 Å². The van der Waals surface area contributed by atoms with Crippen LogP contribution in [0.2, 0.25) is 0 Å². The third-order valence-electron chi connectivity index (χ3n) is 4.24. The van der Waals surface area contributed by atoms with Crippen molar-refractivity contribution in [1.29, 1.82) is 0 Å². The van der Waals surface area contributed by atoms with Crippen molar-refractivity contribution in [3.8, 4) is 0 Å². The zero-order valence-electron chi connectivity index (χ0n) is 11.6. The first-order valence-electron chi connectivity index (χ1n) is 6.92. The minimum absolute atomic E-state index is 0. The fourth-order valence-electron chi connectivity index (χ4n) is 2.75. The van der Waals surface area contributed by atoms with Crippen molar-refractivity contribution in [1.82, 2.24) is 9.80 Å². The number of nitrogens with two attached hydrogens (primary N) is 1. The lowest BCUT2D eigenvalue weighted by atomic mass is 10.00. The van der Waals surface area contributed by atoms with Crippen LogP contribution in [0.15, 0.2) is 4.99 Å². The molecule has 0 aromatic carbocycles. The number of halogens is 1.